The maximum Gasteiger partial charge on any atom is 0.255 e. The number of carbonyl (C=O) groups is 1. The molecule has 0 aromatic heterocycles. The second-order valence-electron chi connectivity index (χ2n) is 5.56. The van der Waals surface area contributed by atoms with Gasteiger partial charge in [0.05, 0.1) is 0 Å². The average Bonchev–Trinajstić information content (AvgIpc) is 2.56. The van der Waals surface area contributed by atoms with E-state index >= 15 is 0 Å². The maximum absolute atomic E-state index is 12.9. The Bertz CT molecular complexity index is 648. The summed E-state index contributed by atoms with van der Waals surface area (Å²) >= 11 is 0. The van der Waals surface area contributed by atoms with Crippen LogP contribution in [0, 0.1) is 5.82 Å². The lowest BCUT2D eigenvalue weighted by molar-refractivity contribution is 0.102. The second-order valence-corrected chi connectivity index (χ2v) is 5.56. The first-order valence-corrected chi connectivity index (χ1v) is 7.64. The molecule has 3 rings (SSSR count). The van der Waals surface area contributed by atoms with Crippen LogP contribution in [-0.2, 0) is 0 Å². The van der Waals surface area contributed by atoms with Crippen molar-refractivity contribution in [2.24, 2.45) is 0 Å². The lowest BCUT2D eigenvalue weighted by Crippen LogP contribution is -2.29. The summed E-state index contributed by atoms with van der Waals surface area (Å²) in [6.45, 7) is 2.13. The molecule has 1 N–H and O–H groups in total. The van der Waals surface area contributed by atoms with E-state index < -0.39 is 0 Å². The number of rotatable bonds is 3. The van der Waals surface area contributed by atoms with Gasteiger partial charge in [-0.1, -0.05) is 6.07 Å². The predicted molar refractivity (Wildman–Crippen MR) is 86.9 cm³/mol. The quantitative estimate of drug-likeness (QED) is 0.926. The van der Waals surface area contributed by atoms with Crippen molar-refractivity contribution in [2.45, 2.75) is 19.3 Å². The summed E-state index contributed by atoms with van der Waals surface area (Å²) in [5.74, 6) is -0.570. The number of hydrogen-bond donors (Lipinski definition) is 1. The summed E-state index contributed by atoms with van der Waals surface area (Å²) in [5, 5.41) is 2.87. The third-order valence-corrected chi connectivity index (χ3v) is 3.93. The van der Waals surface area contributed by atoms with Gasteiger partial charge >= 0.3 is 0 Å². The number of nitrogens with zero attached hydrogens (tertiary/aromatic N) is 1. The first-order valence-electron chi connectivity index (χ1n) is 7.64. The lowest BCUT2D eigenvalue weighted by atomic mass is 10.1. The number of carbonyl (C=O) groups excluding carboxylic acids is 1. The van der Waals surface area contributed by atoms with E-state index in [0.29, 0.717) is 5.56 Å². The smallest absolute Gasteiger partial charge is 0.255 e. The Balaban J connectivity index is 1.72. The molecule has 22 heavy (non-hydrogen) atoms. The molecule has 1 amide bonds. The zero-order valence-electron chi connectivity index (χ0n) is 12.4. The fraction of sp³-hybridized carbons (Fsp3) is 0.278. The van der Waals surface area contributed by atoms with Crippen LogP contribution in [0.15, 0.2) is 48.5 Å². The molecular formula is C18H19FN2O. The molecule has 3 nitrogen and oxygen atoms in total. The van der Waals surface area contributed by atoms with Gasteiger partial charge in [0.1, 0.15) is 5.82 Å². The van der Waals surface area contributed by atoms with Crippen molar-refractivity contribution in [3.05, 3.63) is 59.9 Å². The molecule has 2 aromatic rings. The Morgan fingerprint density at radius 1 is 1.00 bits per heavy atom. The molecule has 0 aliphatic carbocycles. The average molecular weight is 298 g/mol. The molecule has 4 heteroatoms. The third-order valence-electron chi connectivity index (χ3n) is 3.93. The molecule has 1 aliphatic rings. The van der Waals surface area contributed by atoms with E-state index in [1.165, 1.54) is 43.5 Å². The van der Waals surface area contributed by atoms with Crippen LogP contribution >= 0.6 is 0 Å². The number of piperidine rings is 1. The van der Waals surface area contributed by atoms with Gasteiger partial charge in [0, 0.05) is 30.0 Å². The van der Waals surface area contributed by atoms with Gasteiger partial charge in [-0.15, -0.1) is 0 Å². The van der Waals surface area contributed by atoms with E-state index in [2.05, 4.69) is 16.3 Å². The normalized spacial score (nSPS) is 14.7. The van der Waals surface area contributed by atoms with E-state index in [1.807, 2.05) is 18.2 Å². The minimum atomic E-state index is -0.344. The zero-order chi connectivity index (χ0) is 15.4. The van der Waals surface area contributed by atoms with Gasteiger partial charge in [0.25, 0.3) is 5.91 Å². The number of benzene rings is 2. The summed E-state index contributed by atoms with van der Waals surface area (Å²) in [4.78, 5) is 14.5. The van der Waals surface area contributed by atoms with E-state index in [1.54, 1.807) is 0 Å². The predicted octanol–water partition coefficient (Wildman–Crippen LogP) is 4.07. The Morgan fingerprint density at radius 2 is 1.73 bits per heavy atom. The molecule has 0 bridgehead atoms. The molecule has 0 spiro atoms. The molecule has 2 aromatic carbocycles. The van der Waals surface area contributed by atoms with Crippen molar-refractivity contribution in [1.82, 2.24) is 0 Å². The summed E-state index contributed by atoms with van der Waals surface area (Å²) in [7, 11) is 0. The van der Waals surface area contributed by atoms with Crippen LogP contribution < -0.4 is 10.2 Å². The highest BCUT2D eigenvalue weighted by atomic mass is 19.1. The standard InChI is InChI=1S/C18H19FN2O/c19-15-9-7-14(8-10-15)18(22)20-16-5-4-6-17(13-16)21-11-2-1-3-12-21/h4-10,13H,1-3,11-12H2,(H,20,22). The molecule has 114 valence electrons. The minimum Gasteiger partial charge on any atom is -0.371 e. The van der Waals surface area contributed by atoms with E-state index in [-0.39, 0.29) is 11.7 Å². The molecule has 0 saturated carbocycles. The minimum absolute atomic E-state index is 0.226. The van der Waals surface area contributed by atoms with Crippen LogP contribution in [0.3, 0.4) is 0 Å². The van der Waals surface area contributed by atoms with Gasteiger partial charge in [-0.2, -0.15) is 0 Å². The molecule has 1 fully saturated rings. The van der Waals surface area contributed by atoms with Crippen LogP contribution in [0.4, 0.5) is 15.8 Å². The van der Waals surface area contributed by atoms with Crippen LogP contribution in [0.5, 0.6) is 0 Å². The van der Waals surface area contributed by atoms with Crippen LogP contribution in [-0.4, -0.2) is 19.0 Å². The molecule has 1 heterocycles. The maximum atomic E-state index is 12.9. The lowest BCUT2D eigenvalue weighted by Gasteiger charge is -2.29. The van der Waals surface area contributed by atoms with Gasteiger partial charge in [-0.3, -0.25) is 4.79 Å². The van der Waals surface area contributed by atoms with Gasteiger partial charge in [0.2, 0.25) is 0 Å². The monoisotopic (exact) mass is 298 g/mol. The van der Waals surface area contributed by atoms with Gasteiger partial charge in [-0.05, 0) is 61.7 Å². The highest BCUT2D eigenvalue weighted by molar-refractivity contribution is 6.04. The van der Waals surface area contributed by atoms with Gasteiger partial charge < -0.3 is 10.2 Å². The topological polar surface area (TPSA) is 32.3 Å². The highest BCUT2D eigenvalue weighted by Crippen LogP contribution is 2.23. The fourth-order valence-corrected chi connectivity index (χ4v) is 2.74. The largest absolute Gasteiger partial charge is 0.371 e. The van der Waals surface area contributed by atoms with E-state index in [0.717, 1.165) is 24.5 Å². The Kier molecular flexibility index (Phi) is 4.37. The Labute approximate surface area is 129 Å². The summed E-state index contributed by atoms with van der Waals surface area (Å²) < 4.78 is 12.9. The van der Waals surface area contributed by atoms with Crippen molar-refractivity contribution in [3.8, 4) is 0 Å². The van der Waals surface area contributed by atoms with Crippen molar-refractivity contribution in [2.75, 3.05) is 23.3 Å². The van der Waals surface area contributed by atoms with Crippen molar-refractivity contribution in [1.29, 1.82) is 0 Å². The number of hydrogen-bond acceptors (Lipinski definition) is 2. The molecule has 0 radical (unpaired) electrons. The SMILES string of the molecule is O=C(Nc1cccc(N2CCCCC2)c1)c1ccc(F)cc1. The van der Waals surface area contributed by atoms with Crippen LogP contribution in [0.1, 0.15) is 29.6 Å². The van der Waals surface area contributed by atoms with E-state index in [9.17, 15) is 9.18 Å². The molecule has 0 unspecified atom stereocenters. The van der Waals surface area contributed by atoms with Gasteiger partial charge in [0.15, 0.2) is 0 Å². The molecule has 1 aliphatic heterocycles. The summed E-state index contributed by atoms with van der Waals surface area (Å²) in [6, 6.07) is 13.4. The van der Waals surface area contributed by atoms with E-state index in [4.69, 9.17) is 0 Å². The molecular weight excluding hydrogens is 279 g/mol. The number of halogens is 1. The zero-order valence-corrected chi connectivity index (χ0v) is 12.4. The summed E-state index contributed by atoms with van der Waals surface area (Å²) in [5.41, 5.74) is 2.35. The Morgan fingerprint density at radius 3 is 2.45 bits per heavy atom. The Hall–Kier alpha value is -2.36. The summed E-state index contributed by atoms with van der Waals surface area (Å²) in [6.07, 6.45) is 3.72. The number of amides is 1. The van der Waals surface area contributed by atoms with Crippen LogP contribution in [0.25, 0.3) is 0 Å². The first-order chi connectivity index (χ1) is 10.7. The number of anilines is 2. The number of nitrogens with one attached hydrogen (secondary N) is 1. The van der Waals surface area contributed by atoms with Crippen molar-refractivity contribution >= 4 is 17.3 Å². The van der Waals surface area contributed by atoms with Crippen LogP contribution in [0.2, 0.25) is 0 Å². The second kappa shape index (κ2) is 6.60. The first kappa shape index (κ1) is 14.6. The third kappa shape index (κ3) is 3.45. The van der Waals surface area contributed by atoms with Crippen molar-refractivity contribution in [3.63, 3.8) is 0 Å². The van der Waals surface area contributed by atoms with Gasteiger partial charge in [-0.25, -0.2) is 4.39 Å². The molecule has 0 atom stereocenters. The van der Waals surface area contributed by atoms with Crippen molar-refractivity contribution < 1.29 is 9.18 Å². The molecule has 1 saturated heterocycles. The fourth-order valence-electron chi connectivity index (χ4n) is 2.74. The highest BCUT2D eigenvalue weighted by Gasteiger charge is 2.12.